The van der Waals surface area contributed by atoms with Gasteiger partial charge in [-0.15, -0.1) is 11.3 Å². The smallest absolute Gasteiger partial charge is 0.263 e. The SMILES string of the molecule is O=C(c1cccs1)N1CCC(CCc2noc(-c3cccnc3)n2)C1. The van der Waals surface area contributed by atoms with Gasteiger partial charge in [0.15, 0.2) is 5.82 Å². The quantitative estimate of drug-likeness (QED) is 0.703. The Hall–Kier alpha value is -2.54. The van der Waals surface area contributed by atoms with Crippen LogP contribution in [0.2, 0.25) is 0 Å². The number of carbonyl (C=O) groups excluding carboxylic acids is 1. The Balaban J connectivity index is 1.31. The Morgan fingerprint density at radius 2 is 2.32 bits per heavy atom. The molecule has 6 nitrogen and oxygen atoms in total. The third kappa shape index (κ3) is 3.61. The maximum Gasteiger partial charge on any atom is 0.263 e. The molecule has 4 rings (SSSR count). The molecule has 0 saturated carbocycles. The normalized spacial score (nSPS) is 17.1. The fourth-order valence-electron chi connectivity index (χ4n) is 3.10. The van der Waals surface area contributed by atoms with Crippen LogP contribution < -0.4 is 0 Å². The highest BCUT2D eigenvalue weighted by Crippen LogP contribution is 2.24. The molecule has 3 aromatic heterocycles. The molecule has 1 unspecified atom stereocenters. The van der Waals surface area contributed by atoms with Crippen molar-refractivity contribution in [2.24, 2.45) is 5.92 Å². The molecule has 1 aliphatic rings. The second-order valence-corrected chi connectivity index (χ2v) is 7.13. The molecule has 0 spiro atoms. The summed E-state index contributed by atoms with van der Waals surface area (Å²) in [5, 5.41) is 6.00. The number of likely N-dealkylation sites (tertiary alicyclic amines) is 1. The lowest BCUT2D eigenvalue weighted by Gasteiger charge is -2.15. The van der Waals surface area contributed by atoms with E-state index in [0.29, 0.717) is 17.6 Å². The average Bonchev–Trinajstić information content (AvgIpc) is 3.41. The zero-order valence-corrected chi connectivity index (χ0v) is 14.5. The number of aryl methyl sites for hydroxylation is 1. The summed E-state index contributed by atoms with van der Waals surface area (Å²) >= 11 is 1.50. The van der Waals surface area contributed by atoms with Gasteiger partial charge in [-0.3, -0.25) is 9.78 Å². The minimum Gasteiger partial charge on any atom is -0.338 e. The van der Waals surface area contributed by atoms with Gasteiger partial charge in [0.05, 0.1) is 10.4 Å². The molecule has 1 amide bonds. The van der Waals surface area contributed by atoms with Crippen LogP contribution in [0.5, 0.6) is 0 Å². The van der Waals surface area contributed by atoms with E-state index in [1.54, 1.807) is 12.4 Å². The number of thiophene rings is 1. The zero-order valence-electron chi connectivity index (χ0n) is 13.7. The summed E-state index contributed by atoms with van der Waals surface area (Å²) in [5.74, 6) is 1.85. The van der Waals surface area contributed by atoms with Crippen LogP contribution in [0, 0.1) is 5.92 Å². The van der Waals surface area contributed by atoms with E-state index in [0.717, 1.165) is 42.8 Å². The van der Waals surface area contributed by atoms with Gasteiger partial charge in [-0.05, 0) is 42.3 Å². The number of hydrogen-bond acceptors (Lipinski definition) is 6. The fourth-order valence-corrected chi connectivity index (χ4v) is 3.79. The lowest BCUT2D eigenvalue weighted by molar-refractivity contribution is 0.0791. The van der Waals surface area contributed by atoms with Gasteiger partial charge in [0.2, 0.25) is 0 Å². The number of carbonyl (C=O) groups is 1. The second-order valence-electron chi connectivity index (χ2n) is 6.18. The molecule has 0 aliphatic carbocycles. The van der Waals surface area contributed by atoms with Crippen molar-refractivity contribution in [2.75, 3.05) is 13.1 Å². The fraction of sp³-hybridized carbons (Fsp3) is 0.333. The minimum atomic E-state index is 0.149. The first kappa shape index (κ1) is 16.0. The zero-order chi connectivity index (χ0) is 17.1. The summed E-state index contributed by atoms with van der Waals surface area (Å²) in [6, 6.07) is 7.55. The lowest BCUT2D eigenvalue weighted by atomic mass is 10.0. The molecule has 1 atom stereocenters. The summed E-state index contributed by atoms with van der Waals surface area (Å²) in [4.78, 5) is 23.7. The maximum absolute atomic E-state index is 12.4. The summed E-state index contributed by atoms with van der Waals surface area (Å²) in [6.45, 7) is 1.64. The monoisotopic (exact) mass is 354 g/mol. The van der Waals surface area contributed by atoms with Crippen LogP contribution in [-0.2, 0) is 6.42 Å². The Labute approximate surface area is 149 Å². The van der Waals surface area contributed by atoms with Crippen molar-refractivity contribution in [2.45, 2.75) is 19.3 Å². The summed E-state index contributed by atoms with van der Waals surface area (Å²) < 4.78 is 5.31. The van der Waals surface area contributed by atoms with Crippen molar-refractivity contribution in [3.8, 4) is 11.5 Å². The van der Waals surface area contributed by atoms with E-state index in [2.05, 4.69) is 15.1 Å². The van der Waals surface area contributed by atoms with Gasteiger partial charge in [0, 0.05) is 31.9 Å². The highest BCUT2D eigenvalue weighted by Gasteiger charge is 2.27. The molecule has 0 N–H and O–H groups in total. The van der Waals surface area contributed by atoms with E-state index < -0.39 is 0 Å². The van der Waals surface area contributed by atoms with Crippen LogP contribution in [0.1, 0.15) is 28.3 Å². The molecule has 1 saturated heterocycles. The van der Waals surface area contributed by atoms with Crippen LogP contribution >= 0.6 is 11.3 Å². The molecular weight excluding hydrogens is 336 g/mol. The maximum atomic E-state index is 12.4. The van der Waals surface area contributed by atoms with Crippen molar-refractivity contribution < 1.29 is 9.32 Å². The first-order chi connectivity index (χ1) is 12.3. The van der Waals surface area contributed by atoms with Crippen LogP contribution in [0.3, 0.4) is 0 Å². The van der Waals surface area contributed by atoms with Gasteiger partial charge in [-0.25, -0.2) is 0 Å². The van der Waals surface area contributed by atoms with E-state index in [-0.39, 0.29) is 5.91 Å². The second kappa shape index (κ2) is 7.14. The van der Waals surface area contributed by atoms with Crippen molar-refractivity contribution in [1.82, 2.24) is 20.0 Å². The Morgan fingerprint density at radius 3 is 3.12 bits per heavy atom. The number of hydrogen-bond donors (Lipinski definition) is 0. The van der Waals surface area contributed by atoms with Gasteiger partial charge >= 0.3 is 0 Å². The Bertz CT molecular complexity index is 832. The summed E-state index contributed by atoms with van der Waals surface area (Å²) in [7, 11) is 0. The highest BCUT2D eigenvalue weighted by atomic mass is 32.1. The number of pyridine rings is 1. The third-order valence-electron chi connectivity index (χ3n) is 4.46. The van der Waals surface area contributed by atoms with E-state index in [9.17, 15) is 4.79 Å². The van der Waals surface area contributed by atoms with Crippen molar-refractivity contribution >= 4 is 17.2 Å². The Morgan fingerprint density at radius 1 is 1.36 bits per heavy atom. The van der Waals surface area contributed by atoms with Gasteiger partial charge < -0.3 is 9.42 Å². The molecule has 7 heteroatoms. The highest BCUT2D eigenvalue weighted by molar-refractivity contribution is 7.12. The largest absolute Gasteiger partial charge is 0.338 e. The van der Waals surface area contributed by atoms with Gasteiger partial charge in [-0.1, -0.05) is 11.2 Å². The van der Waals surface area contributed by atoms with Crippen molar-refractivity contribution in [3.05, 3.63) is 52.7 Å². The molecule has 1 fully saturated rings. The lowest BCUT2D eigenvalue weighted by Crippen LogP contribution is -2.28. The van der Waals surface area contributed by atoms with E-state index in [1.165, 1.54) is 11.3 Å². The molecule has 4 heterocycles. The van der Waals surface area contributed by atoms with Crippen molar-refractivity contribution in [3.63, 3.8) is 0 Å². The molecule has 0 aromatic carbocycles. The predicted molar refractivity (Wildman–Crippen MR) is 94.2 cm³/mol. The number of nitrogens with zero attached hydrogens (tertiary/aromatic N) is 4. The molecule has 25 heavy (non-hydrogen) atoms. The number of rotatable bonds is 5. The van der Waals surface area contributed by atoms with Crippen LogP contribution in [0.15, 0.2) is 46.6 Å². The molecule has 1 aliphatic heterocycles. The standard InChI is InChI=1S/C18H18N4O2S/c23-18(15-4-2-10-25-15)22-9-7-13(12-22)5-6-16-20-17(24-21-16)14-3-1-8-19-11-14/h1-4,8,10-11,13H,5-7,9,12H2. The average molecular weight is 354 g/mol. The number of amides is 1. The van der Waals surface area contributed by atoms with E-state index in [1.807, 2.05) is 34.5 Å². The van der Waals surface area contributed by atoms with Crippen LogP contribution in [0.4, 0.5) is 0 Å². The molecule has 3 aromatic rings. The van der Waals surface area contributed by atoms with Gasteiger partial charge in [-0.2, -0.15) is 4.98 Å². The topological polar surface area (TPSA) is 72.1 Å². The van der Waals surface area contributed by atoms with Crippen LogP contribution in [-0.4, -0.2) is 39.0 Å². The predicted octanol–water partition coefficient (Wildman–Crippen LogP) is 3.29. The molecule has 0 bridgehead atoms. The minimum absolute atomic E-state index is 0.149. The first-order valence-corrected chi connectivity index (χ1v) is 9.23. The molecular formula is C18H18N4O2S. The summed E-state index contributed by atoms with van der Waals surface area (Å²) in [5.41, 5.74) is 0.829. The van der Waals surface area contributed by atoms with E-state index in [4.69, 9.17) is 4.52 Å². The molecule has 0 radical (unpaired) electrons. The van der Waals surface area contributed by atoms with Gasteiger partial charge in [0.1, 0.15) is 0 Å². The number of aromatic nitrogens is 3. The van der Waals surface area contributed by atoms with E-state index >= 15 is 0 Å². The van der Waals surface area contributed by atoms with Crippen molar-refractivity contribution in [1.29, 1.82) is 0 Å². The van der Waals surface area contributed by atoms with Crippen LogP contribution in [0.25, 0.3) is 11.5 Å². The Kier molecular flexibility index (Phi) is 4.56. The first-order valence-electron chi connectivity index (χ1n) is 8.35. The summed E-state index contributed by atoms with van der Waals surface area (Å²) in [6.07, 6.45) is 6.17. The third-order valence-corrected chi connectivity index (χ3v) is 5.32. The molecule has 128 valence electrons. The van der Waals surface area contributed by atoms with Gasteiger partial charge in [0.25, 0.3) is 11.8 Å².